The molecule has 0 aromatic heterocycles. The summed E-state index contributed by atoms with van der Waals surface area (Å²) in [7, 11) is 0. The molecule has 0 atom stereocenters. The van der Waals surface area contributed by atoms with E-state index in [9.17, 15) is 0 Å². The lowest BCUT2D eigenvalue weighted by molar-refractivity contribution is 0.562. The van der Waals surface area contributed by atoms with Crippen LogP contribution < -0.4 is 0 Å². The molecule has 0 aliphatic rings. The summed E-state index contributed by atoms with van der Waals surface area (Å²) >= 11 is 0. The van der Waals surface area contributed by atoms with Crippen LogP contribution in [0.4, 0.5) is 0 Å². The minimum atomic E-state index is 0.750. The van der Waals surface area contributed by atoms with Crippen LogP contribution in [0, 0.1) is 10.8 Å². The first-order chi connectivity index (χ1) is 6.67. The van der Waals surface area contributed by atoms with Gasteiger partial charge in [-0.1, -0.05) is 38.2 Å². The maximum atomic E-state index is 8.35. The van der Waals surface area contributed by atoms with Crippen molar-refractivity contribution >= 4 is 12.2 Å². The van der Waals surface area contributed by atoms with Gasteiger partial charge in [0, 0.05) is 0 Å². The van der Waals surface area contributed by atoms with Gasteiger partial charge >= 0.3 is 0 Å². The van der Waals surface area contributed by atoms with Crippen LogP contribution in [0.15, 0.2) is 24.3 Å². The summed E-state index contributed by atoms with van der Waals surface area (Å²) in [6.07, 6.45) is 7.74. The van der Waals surface area contributed by atoms with Crippen molar-refractivity contribution in [3.63, 3.8) is 0 Å². The second-order valence-electron chi connectivity index (χ2n) is 1.97. The number of hydrogen-bond acceptors (Lipinski definition) is 4. The minimum Gasteiger partial charge on any atom is -0.222 e. The van der Waals surface area contributed by atoms with Gasteiger partial charge in [-0.2, -0.15) is 0 Å². The summed E-state index contributed by atoms with van der Waals surface area (Å²) in [4.78, 5) is 16.7. The van der Waals surface area contributed by atoms with E-state index in [1.807, 2.05) is 6.08 Å². The predicted molar refractivity (Wildman–Crippen MR) is 55.7 cm³/mol. The second-order valence-corrected chi connectivity index (χ2v) is 1.97. The highest BCUT2D eigenvalue weighted by Crippen LogP contribution is 2.03. The molecule has 0 saturated carbocycles. The van der Waals surface area contributed by atoms with Crippen molar-refractivity contribution in [2.75, 3.05) is 0 Å². The monoisotopic (exact) mass is 196 g/mol. The van der Waals surface area contributed by atoms with Crippen LogP contribution in [0.25, 0.3) is 0 Å². The Balaban J connectivity index is -0.000000168. The molecule has 2 N–H and O–H groups in total. The zero-order valence-electron chi connectivity index (χ0n) is 8.59. The van der Waals surface area contributed by atoms with Crippen molar-refractivity contribution in [3.8, 4) is 0 Å². The van der Waals surface area contributed by atoms with Crippen LogP contribution in [-0.2, 0) is 9.59 Å². The van der Waals surface area contributed by atoms with Crippen molar-refractivity contribution in [2.45, 2.75) is 26.7 Å². The third kappa shape index (κ3) is 31.8. The Morgan fingerprint density at radius 1 is 1.21 bits per heavy atom. The highest BCUT2D eigenvalue weighted by molar-refractivity contribution is 5.26. The van der Waals surface area contributed by atoms with Gasteiger partial charge in [-0.05, 0) is 12.8 Å². The summed E-state index contributed by atoms with van der Waals surface area (Å²) in [6, 6.07) is 0. The normalized spacial score (nSPS) is 5.86. The topological polar surface area (TPSA) is 81.8 Å². The zero-order chi connectivity index (χ0) is 11.8. The molecular formula is C10H16N2O2. The van der Waals surface area contributed by atoms with E-state index in [0.717, 1.165) is 25.0 Å². The maximum absolute atomic E-state index is 8.35. The molecule has 78 valence electrons. The average Bonchev–Trinajstić information content (AvgIpc) is 2.17. The maximum Gasteiger partial charge on any atom is 0.231 e. The van der Waals surface area contributed by atoms with Gasteiger partial charge < -0.3 is 0 Å². The Morgan fingerprint density at radius 3 is 1.57 bits per heavy atom. The van der Waals surface area contributed by atoms with E-state index in [1.165, 1.54) is 5.57 Å². The van der Waals surface area contributed by atoms with Crippen LogP contribution in [-0.4, -0.2) is 12.2 Å². The first-order valence-electron chi connectivity index (χ1n) is 4.06. The number of nitrogens with one attached hydrogen (secondary N) is 2. The quantitative estimate of drug-likeness (QED) is 0.413. The fraction of sp³-hybridized carbons (Fsp3) is 0.400. The van der Waals surface area contributed by atoms with Gasteiger partial charge in [0.1, 0.15) is 0 Å². The van der Waals surface area contributed by atoms with Crippen LogP contribution in [0.2, 0.25) is 0 Å². The third-order valence-electron chi connectivity index (χ3n) is 1.26. The molecule has 0 unspecified atom stereocenters. The molecule has 0 aromatic carbocycles. The first-order valence-corrected chi connectivity index (χ1v) is 4.06. The van der Waals surface area contributed by atoms with Crippen LogP contribution in [0.3, 0.4) is 0 Å². The lowest BCUT2D eigenvalue weighted by Crippen LogP contribution is -1.73. The summed E-state index contributed by atoms with van der Waals surface area (Å²) in [6.45, 7) is 7.95. The van der Waals surface area contributed by atoms with E-state index < -0.39 is 0 Å². The number of rotatable bonds is 3. The lowest BCUT2D eigenvalue weighted by atomic mass is 10.1. The van der Waals surface area contributed by atoms with Gasteiger partial charge in [0.2, 0.25) is 12.2 Å². The molecular weight excluding hydrogens is 180 g/mol. The van der Waals surface area contributed by atoms with Gasteiger partial charge in [-0.25, -0.2) is 20.4 Å². The van der Waals surface area contributed by atoms with Gasteiger partial charge in [-0.3, -0.25) is 0 Å². The van der Waals surface area contributed by atoms with Gasteiger partial charge in [0.15, 0.2) is 0 Å². The van der Waals surface area contributed by atoms with E-state index in [2.05, 4.69) is 26.5 Å². The standard InChI is InChI=1S/C8H14.2CHNO/c1-4-7-8(5-2)6-3;2*2-1-3/h4,7H,1,5-6H2,2-3H3;2*2H. The molecule has 0 spiro atoms. The molecule has 4 heteroatoms. The average molecular weight is 196 g/mol. The fourth-order valence-corrected chi connectivity index (χ4v) is 0.652. The first kappa shape index (κ1) is 18.1. The molecule has 0 saturated heterocycles. The molecule has 0 aromatic rings. The molecule has 0 fully saturated rings. The smallest absolute Gasteiger partial charge is 0.222 e. The van der Waals surface area contributed by atoms with E-state index in [0.29, 0.717) is 0 Å². The van der Waals surface area contributed by atoms with E-state index in [1.54, 1.807) is 0 Å². The Bertz CT molecular complexity index is 202. The van der Waals surface area contributed by atoms with E-state index >= 15 is 0 Å². The molecule has 0 bridgehead atoms. The summed E-state index contributed by atoms with van der Waals surface area (Å²) in [5, 5.41) is 10.8. The lowest BCUT2D eigenvalue weighted by Gasteiger charge is -1.93. The molecule has 4 nitrogen and oxygen atoms in total. The number of hydrogen-bond donors (Lipinski definition) is 2. The van der Waals surface area contributed by atoms with Crippen LogP contribution >= 0.6 is 0 Å². The highest BCUT2D eigenvalue weighted by atomic mass is 16.1. The molecule has 0 amide bonds. The summed E-state index contributed by atoms with van der Waals surface area (Å²) in [5.41, 5.74) is 1.47. The Morgan fingerprint density at radius 2 is 1.50 bits per heavy atom. The van der Waals surface area contributed by atoms with Gasteiger partial charge in [0.25, 0.3) is 0 Å². The Labute approximate surface area is 84.3 Å². The minimum absolute atomic E-state index is 0.750. The summed E-state index contributed by atoms with van der Waals surface area (Å²) in [5.74, 6) is 0. The Hall–Kier alpha value is -1.76. The number of isocyanates is 2. The van der Waals surface area contributed by atoms with Crippen molar-refractivity contribution < 1.29 is 9.59 Å². The molecule has 0 aliphatic carbocycles. The second kappa shape index (κ2) is 22.5. The van der Waals surface area contributed by atoms with Crippen LogP contribution in [0.1, 0.15) is 26.7 Å². The molecule has 14 heavy (non-hydrogen) atoms. The van der Waals surface area contributed by atoms with Crippen LogP contribution in [0.5, 0.6) is 0 Å². The van der Waals surface area contributed by atoms with Crippen molar-refractivity contribution in [1.29, 1.82) is 10.8 Å². The molecule has 0 radical (unpaired) electrons. The fourth-order valence-electron chi connectivity index (χ4n) is 0.652. The molecule has 0 heterocycles. The molecule has 0 aliphatic heterocycles. The Kier molecular flexibility index (Phi) is 29.1. The highest BCUT2D eigenvalue weighted by Gasteiger charge is 1.83. The van der Waals surface area contributed by atoms with Crippen molar-refractivity contribution in [2.24, 2.45) is 0 Å². The van der Waals surface area contributed by atoms with E-state index in [4.69, 9.17) is 20.4 Å². The van der Waals surface area contributed by atoms with Gasteiger partial charge in [0.05, 0.1) is 0 Å². The third-order valence-corrected chi connectivity index (χ3v) is 1.26. The predicted octanol–water partition coefficient (Wildman–Crippen LogP) is 2.72. The van der Waals surface area contributed by atoms with E-state index in [-0.39, 0.29) is 0 Å². The number of allylic oxidation sites excluding steroid dienone is 3. The van der Waals surface area contributed by atoms with Gasteiger partial charge in [-0.15, -0.1) is 0 Å². The number of carbonyl (C=O) groups excluding carboxylic acids is 2. The van der Waals surface area contributed by atoms with Crippen molar-refractivity contribution in [1.82, 2.24) is 0 Å². The summed E-state index contributed by atoms with van der Waals surface area (Å²) < 4.78 is 0. The SMILES string of the molecule is C=CC=C(CC)CC.N=C=O.N=C=O. The zero-order valence-corrected chi connectivity index (χ0v) is 8.59. The molecule has 0 rings (SSSR count). The van der Waals surface area contributed by atoms with Crippen molar-refractivity contribution in [3.05, 3.63) is 24.3 Å². The largest absolute Gasteiger partial charge is 0.231 e.